The van der Waals surface area contributed by atoms with Crippen LogP contribution >= 0.6 is 0 Å². The maximum Gasteiger partial charge on any atom is 0.170 e. The van der Waals surface area contributed by atoms with Gasteiger partial charge >= 0.3 is 0 Å². The average Bonchev–Trinajstić information content (AvgIpc) is 3.00. The number of hydrogen-bond acceptors (Lipinski definition) is 3. The molecule has 3 unspecified atom stereocenters. The van der Waals surface area contributed by atoms with Crippen LogP contribution in [0.3, 0.4) is 0 Å². The number of methoxy groups -OCH3 is 1. The highest BCUT2D eigenvalue weighted by Crippen LogP contribution is 2.35. The zero-order chi connectivity index (χ0) is 12.7. The second-order valence-electron chi connectivity index (χ2n) is 5.10. The number of carbonyl (C=O) groups excluding carboxylic acids is 1. The van der Waals surface area contributed by atoms with Gasteiger partial charge in [0.25, 0.3) is 0 Å². The largest absolute Gasteiger partial charge is 0.497 e. The van der Waals surface area contributed by atoms with E-state index in [1.807, 2.05) is 0 Å². The summed E-state index contributed by atoms with van der Waals surface area (Å²) < 4.78 is 18.8. The highest BCUT2D eigenvalue weighted by atomic mass is 19.1. The molecule has 2 heterocycles. The lowest BCUT2D eigenvalue weighted by Gasteiger charge is -2.19. The first-order valence-corrected chi connectivity index (χ1v) is 6.33. The molecule has 0 spiro atoms. The van der Waals surface area contributed by atoms with Crippen LogP contribution in [0.2, 0.25) is 0 Å². The van der Waals surface area contributed by atoms with E-state index in [4.69, 9.17) is 4.74 Å². The Bertz CT molecular complexity index is 489. The van der Waals surface area contributed by atoms with E-state index in [0.29, 0.717) is 11.8 Å². The van der Waals surface area contributed by atoms with Crippen molar-refractivity contribution in [1.29, 1.82) is 0 Å². The second-order valence-corrected chi connectivity index (χ2v) is 5.10. The fraction of sp³-hybridized carbons (Fsp3) is 0.500. The summed E-state index contributed by atoms with van der Waals surface area (Å²) in [6.07, 6.45) is 3.01. The number of halogens is 1. The van der Waals surface area contributed by atoms with Crippen molar-refractivity contribution >= 4 is 5.78 Å². The number of Topliss-reactive ketones (excluding diaryl/α,β-unsaturated/α-hetero) is 1. The topological polar surface area (TPSA) is 38.3 Å². The minimum atomic E-state index is -0.484. The Hall–Kier alpha value is -1.42. The van der Waals surface area contributed by atoms with Crippen LogP contribution in [0.25, 0.3) is 0 Å². The van der Waals surface area contributed by atoms with Crippen LogP contribution in [0.15, 0.2) is 18.2 Å². The molecule has 96 valence electrons. The number of ketones is 1. The molecule has 2 aliphatic rings. The molecule has 18 heavy (non-hydrogen) atoms. The molecule has 1 aromatic carbocycles. The highest BCUT2D eigenvalue weighted by molar-refractivity contribution is 5.99. The predicted molar refractivity (Wildman–Crippen MR) is 65.3 cm³/mol. The van der Waals surface area contributed by atoms with E-state index in [0.717, 1.165) is 19.3 Å². The maximum absolute atomic E-state index is 13.9. The molecule has 0 amide bonds. The molecule has 2 aliphatic heterocycles. The van der Waals surface area contributed by atoms with Gasteiger partial charge in [-0.2, -0.15) is 0 Å². The van der Waals surface area contributed by atoms with Gasteiger partial charge in [0.1, 0.15) is 11.6 Å². The number of ether oxygens (including phenoxy) is 1. The molecule has 1 aromatic rings. The van der Waals surface area contributed by atoms with Crippen molar-refractivity contribution < 1.29 is 13.9 Å². The molecule has 0 aromatic heterocycles. The van der Waals surface area contributed by atoms with E-state index in [-0.39, 0.29) is 23.3 Å². The molecule has 0 saturated carbocycles. The summed E-state index contributed by atoms with van der Waals surface area (Å²) in [5.41, 5.74) is 0.190. The lowest BCUT2D eigenvalue weighted by Crippen LogP contribution is -2.29. The van der Waals surface area contributed by atoms with Gasteiger partial charge in [-0.25, -0.2) is 4.39 Å². The van der Waals surface area contributed by atoms with E-state index in [1.165, 1.54) is 19.2 Å². The lowest BCUT2D eigenvalue weighted by atomic mass is 9.83. The standard InChI is InChI=1S/C14H16FNO2/c1-18-9-3-4-10(12(15)7-9)14(17)11-6-8-2-5-13(11)16-8/h3-4,7-8,11,13,16H,2,5-6H2,1H3. The number of carbonyl (C=O) groups is 1. The van der Waals surface area contributed by atoms with Gasteiger partial charge in [0.2, 0.25) is 0 Å². The smallest absolute Gasteiger partial charge is 0.170 e. The minimum absolute atomic E-state index is 0.0633. The van der Waals surface area contributed by atoms with Crippen molar-refractivity contribution in [3.63, 3.8) is 0 Å². The summed E-state index contributed by atoms with van der Waals surface area (Å²) in [5, 5.41) is 3.40. The zero-order valence-electron chi connectivity index (χ0n) is 10.3. The first kappa shape index (κ1) is 11.7. The van der Waals surface area contributed by atoms with Crippen molar-refractivity contribution in [2.75, 3.05) is 7.11 Å². The maximum atomic E-state index is 13.9. The van der Waals surface area contributed by atoms with Gasteiger partial charge in [0.15, 0.2) is 5.78 Å². The Kier molecular flexibility index (Phi) is 2.82. The lowest BCUT2D eigenvalue weighted by molar-refractivity contribution is 0.0896. The summed E-state index contributed by atoms with van der Waals surface area (Å²) in [7, 11) is 1.48. The molecular weight excluding hydrogens is 233 g/mol. The molecule has 2 saturated heterocycles. The van der Waals surface area contributed by atoms with Gasteiger partial charge < -0.3 is 10.1 Å². The van der Waals surface area contributed by atoms with Crippen LogP contribution in [-0.4, -0.2) is 25.0 Å². The zero-order valence-corrected chi connectivity index (χ0v) is 10.3. The summed E-state index contributed by atoms with van der Waals surface area (Å²) in [5.74, 6) is -0.182. The van der Waals surface area contributed by atoms with Crippen LogP contribution < -0.4 is 10.1 Å². The van der Waals surface area contributed by atoms with Gasteiger partial charge in [-0.1, -0.05) is 0 Å². The highest BCUT2D eigenvalue weighted by Gasteiger charge is 2.43. The van der Waals surface area contributed by atoms with Crippen LogP contribution in [0.1, 0.15) is 29.6 Å². The molecule has 1 N–H and O–H groups in total. The minimum Gasteiger partial charge on any atom is -0.497 e. The van der Waals surface area contributed by atoms with E-state index in [1.54, 1.807) is 6.07 Å². The van der Waals surface area contributed by atoms with E-state index < -0.39 is 5.82 Å². The molecule has 0 radical (unpaired) electrons. The molecule has 3 nitrogen and oxygen atoms in total. The van der Waals surface area contributed by atoms with Gasteiger partial charge in [-0.05, 0) is 31.4 Å². The molecule has 0 aliphatic carbocycles. The summed E-state index contributed by atoms with van der Waals surface area (Å²) >= 11 is 0. The summed E-state index contributed by atoms with van der Waals surface area (Å²) in [6.45, 7) is 0. The second kappa shape index (κ2) is 4.35. The average molecular weight is 249 g/mol. The number of hydrogen-bond donors (Lipinski definition) is 1. The third kappa shape index (κ3) is 1.81. The van der Waals surface area contributed by atoms with Gasteiger partial charge in [0, 0.05) is 24.1 Å². The fourth-order valence-electron chi connectivity index (χ4n) is 3.14. The van der Waals surface area contributed by atoms with Crippen LogP contribution in [0.4, 0.5) is 4.39 Å². The Labute approximate surface area is 105 Å². The quantitative estimate of drug-likeness (QED) is 0.834. The Morgan fingerprint density at radius 2 is 2.28 bits per heavy atom. The SMILES string of the molecule is COc1ccc(C(=O)C2CC3CCC2N3)c(F)c1. The first-order chi connectivity index (χ1) is 8.69. The molecule has 3 atom stereocenters. The van der Waals surface area contributed by atoms with Crippen molar-refractivity contribution in [2.24, 2.45) is 5.92 Å². The van der Waals surface area contributed by atoms with Crippen LogP contribution in [0.5, 0.6) is 5.75 Å². The molecule has 2 fully saturated rings. The third-order valence-corrected chi connectivity index (χ3v) is 4.08. The van der Waals surface area contributed by atoms with Crippen LogP contribution in [0, 0.1) is 11.7 Å². The number of rotatable bonds is 3. The van der Waals surface area contributed by atoms with Gasteiger partial charge in [-0.3, -0.25) is 4.79 Å². The van der Waals surface area contributed by atoms with E-state index in [2.05, 4.69) is 5.32 Å². The molecule has 2 bridgehead atoms. The van der Waals surface area contributed by atoms with E-state index >= 15 is 0 Å². The van der Waals surface area contributed by atoms with Crippen molar-refractivity contribution in [1.82, 2.24) is 5.32 Å². The van der Waals surface area contributed by atoms with Crippen molar-refractivity contribution in [3.05, 3.63) is 29.6 Å². The number of fused-ring (bicyclic) bond motifs is 2. The normalized spacial score (nSPS) is 29.6. The number of benzene rings is 1. The molecule has 4 heteroatoms. The Balaban J connectivity index is 1.84. The number of nitrogens with one attached hydrogen (secondary N) is 1. The fourth-order valence-corrected chi connectivity index (χ4v) is 3.14. The third-order valence-electron chi connectivity index (χ3n) is 4.08. The van der Waals surface area contributed by atoms with Crippen LogP contribution in [-0.2, 0) is 0 Å². The summed E-state index contributed by atoms with van der Waals surface area (Å²) in [4.78, 5) is 12.3. The van der Waals surface area contributed by atoms with Gasteiger partial charge in [-0.15, -0.1) is 0 Å². The molecule has 3 rings (SSSR count). The monoisotopic (exact) mass is 249 g/mol. The van der Waals surface area contributed by atoms with Crippen molar-refractivity contribution in [2.45, 2.75) is 31.3 Å². The first-order valence-electron chi connectivity index (χ1n) is 6.33. The van der Waals surface area contributed by atoms with Crippen molar-refractivity contribution in [3.8, 4) is 5.75 Å². The molecular formula is C14H16FNO2. The summed E-state index contributed by atoms with van der Waals surface area (Å²) in [6, 6.07) is 5.13. The van der Waals surface area contributed by atoms with Gasteiger partial charge in [0.05, 0.1) is 12.7 Å². The Morgan fingerprint density at radius 3 is 2.83 bits per heavy atom. The Morgan fingerprint density at radius 1 is 1.44 bits per heavy atom. The predicted octanol–water partition coefficient (Wildman–Crippen LogP) is 2.16. The van der Waals surface area contributed by atoms with E-state index in [9.17, 15) is 9.18 Å².